The smallest absolute Gasteiger partial charge is 0.206 e. The molecule has 0 spiro atoms. The summed E-state index contributed by atoms with van der Waals surface area (Å²) in [6, 6.07) is 5.16. The molecule has 1 aromatic heterocycles. The van der Waals surface area contributed by atoms with Gasteiger partial charge in [-0.05, 0) is 17.7 Å². The first kappa shape index (κ1) is 13.4. The van der Waals surface area contributed by atoms with Crippen LogP contribution in [0.25, 0.3) is 17.0 Å². The van der Waals surface area contributed by atoms with Crippen molar-refractivity contribution in [2.45, 2.75) is 11.8 Å². The van der Waals surface area contributed by atoms with Gasteiger partial charge >= 0.3 is 0 Å². The molecule has 19 heavy (non-hydrogen) atoms. The van der Waals surface area contributed by atoms with Gasteiger partial charge in [-0.1, -0.05) is 30.9 Å². The maximum absolute atomic E-state index is 12.1. The van der Waals surface area contributed by atoms with Gasteiger partial charge in [0.25, 0.3) is 0 Å². The van der Waals surface area contributed by atoms with Gasteiger partial charge in [0.2, 0.25) is 5.43 Å². The van der Waals surface area contributed by atoms with Crippen LogP contribution in [0, 0.1) is 0 Å². The maximum Gasteiger partial charge on any atom is 0.206 e. The molecule has 0 aliphatic heterocycles. The predicted molar refractivity (Wildman–Crippen MR) is 79.0 cm³/mol. The fraction of sp³-hybridized carbons (Fsp3) is 0.0667. The van der Waals surface area contributed by atoms with E-state index in [-0.39, 0.29) is 21.9 Å². The Morgan fingerprint density at radius 3 is 2.79 bits per heavy atom. The molecule has 0 N–H and O–H groups in total. The second kappa shape index (κ2) is 5.28. The van der Waals surface area contributed by atoms with E-state index in [1.807, 2.05) is 6.08 Å². The van der Waals surface area contributed by atoms with E-state index < -0.39 is 0 Å². The summed E-state index contributed by atoms with van der Waals surface area (Å²) in [5.41, 5.74) is 0.926. The number of ketones is 1. The summed E-state index contributed by atoms with van der Waals surface area (Å²) in [6.07, 6.45) is 5.24. The van der Waals surface area contributed by atoms with Crippen molar-refractivity contribution in [2.24, 2.45) is 0 Å². The van der Waals surface area contributed by atoms with E-state index >= 15 is 0 Å². The van der Waals surface area contributed by atoms with Gasteiger partial charge in [0.05, 0.1) is 10.3 Å². The molecule has 2 rings (SSSR count). The van der Waals surface area contributed by atoms with Crippen LogP contribution in [0.2, 0.25) is 0 Å². The minimum atomic E-state index is -0.320. The van der Waals surface area contributed by atoms with Crippen molar-refractivity contribution < 1.29 is 9.21 Å². The summed E-state index contributed by atoms with van der Waals surface area (Å²) in [5.74, 6) is -0.324. The van der Waals surface area contributed by atoms with Crippen LogP contribution in [0.3, 0.4) is 0 Å². The third-order valence-corrected chi connectivity index (χ3v) is 3.04. The average Bonchev–Trinajstić information content (AvgIpc) is 2.40. The number of Topliss-reactive ketones (excluding diaryl/α,β-unsaturated/α-hetero) is 1. The molecule has 0 radical (unpaired) electrons. The molecule has 0 atom stereocenters. The summed E-state index contributed by atoms with van der Waals surface area (Å²) in [4.78, 5) is 23.6. The lowest BCUT2D eigenvalue weighted by atomic mass is 10.1. The Balaban J connectivity index is 2.75. The number of allylic oxidation sites excluding steroid dienone is 2. The highest BCUT2D eigenvalue weighted by molar-refractivity contribution is 7.80. The molecule has 0 fully saturated rings. The van der Waals surface area contributed by atoms with Crippen molar-refractivity contribution in [3.63, 3.8) is 0 Å². The number of benzene rings is 1. The van der Waals surface area contributed by atoms with Crippen molar-refractivity contribution in [3.8, 4) is 0 Å². The molecular weight excluding hydrogens is 260 g/mol. The summed E-state index contributed by atoms with van der Waals surface area (Å²) < 4.78 is 5.42. The van der Waals surface area contributed by atoms with Gasteiger partial charge in [-0.3, -0.25) is 9.59 Å². The van der Waals surface area contributed by atoms with E-state index in [1.165, 1.54) is 6.92 Å². The highest BCUT2D eigenvalue weighted by Crippen LogP contribution is 2.20. The summed E-state index contributed by atoms with van der Waals surface area (Å²) >= 11 is 4.07. The van der Waals surface area contributed by atoms with Crippen molar-refractivity contribution in [2.75, 3.05) is 0 Å². The van der Waals surface area contributed by atoms with Crippen LogP contribution in [0.5, 0.6) is 0 Å². The molecule has 4 heteroatoms. The number of rotatable bonds is 3. The molecule has 0 bridgehead atoms. The van der Waals surface area contributed by atoms with E-state index in [0.29, 0.717) is 11.0 Å². The van der Waals surface area contributed by atoms with Gasteiger partial charge in [-0.2, -0.15) is 0 Å². The molecule has 0 amide bonds. The zero-order chi connectivity index (χ0) is 14.0. The van der Waals surface area contributed by atoms with Crippen LogP contribution in [-0.2, 0) is 0 Å². The van der Waals surface area contributed by atoms with Crippen molar-refractivity contribution in [3.05, 3.63) is 58.5 Å². The minimum absolute atomic E-state index is 0.00443. The first-order chi connectivity index (χ1) is 9.04. The van der Waals surface area contributed by atoms with E-state index in [9.17, 15) is 9.59 Å². The molecule has 2 aromatic rings. The van der Waals surface area contributed by atoms with Gasteiger partial charge in [0.1, 0.15) is 5.58 Å². The zero-order valence-electron chi connectivity index (χ0n) is 10.3. The fourth-order valence-corrected chi connectivity index (χ4v) is 2.05. The van der Waals surface area contributed by atoms with Gasteiger partial charge in [-0.25, -0.2) is 0 Å². The fourth-order valence-electron chi connectivity index (χ4n) is 1.72. The maximum atomic E-state index is 12.1. The lowest BCUT2D eigenvalue weighted by Crippen LogP contribution is -2.09. The van der Waals surface area contributed by atoms with Crippen LogP contribution in [0.4, 0.5) is 0 Å². The Labute approximate surface area is 115 Å². The normalized spacial score (nSPS) is 11.1. The average molecular weight is 272 g/mol. The van der Waals surface area contributed by atoms with Crippen LogP contribution in [-0.4, -0.2) is 5.78 Å². The van der Waals surface area contributed by atoms with E-state index in [0.717, 1.165) is 5.56 Å². The molecule has 96 valence electrons. The van der Waals surface area contributed by atoms with Crippen molar-refractivity contribution in [1.82, 2.24) is 0 Å². The van der Waals surface area contributed by atoms with Crippen LogP contribution < -0.4 is 5.43 Å². The topological polar surface area (TPSA) is 47.3 Å². The Kier molecular flexibility index (Phi) is 3.71. The number of carbonyl (C=O) groups is 1. The van der Waals surface area contributed by atoms with Gasteiger partial charge in [-0.15, -0.1) is 12.6 Å². The molecular formula is C15H12O3S. The van der Waals surface area contributed by atoms with Crippen LogP contribution >= 0.6 is 12.6 Å². The standard InChI is InChI=1S/C15H12O3S/c1-3-4-5-10-6-7-12-11(8-10)13(17)15(19)14(18-12)9(2)16/h3-8,19H,1H2,2H3. The first-order valence-electron chi connectivity index (χ1n) is 5.64. The Morgan fingerprint density at radius 1 is 1.42 bits per heavy atom. The Hall–Kier alpha value is -2.07. The van der Waals surface area contributed by atoms with E-state index in [4.69, 9.17) is 4.42 Å². The third kappa shape index (κ3) is 2.53. The number of hydrogen-bond acceptors (Lipinski definition) is 4. The van der Waals surface area contributed by atoms with E-state index in [1.54, 1.807) is 30.4 Å². The van der Waals surface area contributed by atoms with Crippen molar-refractivity contribution >= 4 is 35.5 Å². The molecule has 0 aliphatic carbocycles. The zero-order valence-corrected chi connectivity index (χ0v) is 11.2. The van der Waals surface area contributed by atoms with Crippen LogP contribution in [0.15, 0.2) is 51.0 Å². The second-order valence-corrected chi connectivity index (χ2v) is 4.46. The second-order valence-electron chi connectivity index (χ2n) is 4.02. The SMILES string of the molecule is C=CC=Cc1ccc2oc(C(C)=O)c(S)c(=O)c2c1. The molecule has 1 heterocycles. The third-order valence-electron chi connectivity index (χ3n) is 2.63. The van der Waals surface area contributed by atoms with Crippen molar-refractivity contribution in [1.29, 1.82) is 0 Å². The molecule has 1 aromatic carbocycles. The molecule has 0 unspecified atom stereocenters. The largest absolute Gasteiger partial charge is 0.452 e. The lowest BCUT2D eigenvalue weighted by molar-refractivity contribution is 0.0983. The number of hydrogen-bond donors (Lipinski definition) is 1. The summed E-state index contributed by atoms with van der Waals surface area (Å²) in [7, 11) is 0. The quantitative estimate of drug-likeness (QED) is 0.528. The van der Waals surface area contributed by atoms with Gasteiger partial charge in [0, 0.05) is 6.92 Å². The molecule has 0 aliphatic rings. The number of carbonyl (C=O) groups excluding carboxylic acids is 1. The van der Waals surface area contributed by atoms with Gasteiger partial charge < -0.3 is 4.42 Å². The Bertz CT molecular complexity index is 754. The first-order valence-corrected chi connectivity index (χ1v) is 6.09. The Morgan fingerprint density at radius 2 is 2.16 bits per heavy atom. The highest BCUT2D eigenvalue weighted by atomic mass is 32.1. The van der Waals surface area contributed by atoms with Crippen LogP contribution in [0.1, 0.15) is 23.0 Å². The van der Waals surface area contributed by atoms with E-state index in [2.05, 4.69) is 19.2 Å². The predicted octanol–water partition coefficient (Wildman–Crippen LogP) is 3.48. The van der Waals surface area contributed by atoms with Gasteiger partial charge in [0.15, 0.2) is 11.5 Å². The molecule has 0 saturated heterocycles. The molecule has 0 saturated carbocycles. The minimum Gasteiger partial charge on any atom is -0.452 e. The summed E-state index contributed by atoms with van der Waals surface area (Å²) in [5, 5.41) is 0.404. The summed E-state index contributed by atoms with van der Waals surface area (Å²) in [6.45, 7) is 4.92. The lowest BCUT2D eigenvalue weighted by Gasteiger charge is -2.04. The number of fused-ring (bicyclic) bond motifs is 1. The number of thiol groups is 1. The highest BCUT2D eigenvalue weighted by Gasteiger charge is 2.14. The molecule has 3 nitrogen and oxygen atoms in total. The monoisotopic (exact) mass is 272 g/mol.